The van der Waals surface area contributed by atoms with E-state index in [1.165, 1.54) is 0 Å². The third-order valence-electron chi connectivity index (χ3n) is 3.39. The van der Waals surface area contributed by atoms with Crippen molar-refractivity contribution in [2.24, 2.45) is 5.10 Å². The quantitative estimate of drug-likeness (QED) is 0.836. The van der Waals surface area contributed by atoms with Gasteiger partial charge in [-0.05, 0) is 26.8 Å². The highest BCUT2D eigenvalue weighted by atomic mass is 16.5. The summed E-state index contributed by atoms with van der Waals surface area (Å²) < 4.78 is 5.36. The van der Waals surface area contributed by atoms with E-state index in [1.807, 2.05) is 36.2 Å². The number of benzene rings is 1. The highest BCUT2D eigenvalue weighted by Crippen LogP contribution is 2.38. The molecule has 0 fully saturated rings. The van der Waals surface area contributed by atoms with Gasteiger partial charge in [0, 0.05) is 17.7 Å². The van der Waals surface area contributed by atoms with E-state index < -0.39 is 6.04 Å². The summed E-state index contributed by atoms with van der Waals surface area (Å²) in [5.74, 6) is 0.726. The molecule has 4 nitrogen and oxygen atoms in total. The molecule has 1 aliphatic rings. The van der Waals surface area contributed by atoms with Crippen molar-refractivity contribution < 1.29 is 4.74 Å². The molecule has 0 spiro atoms. The van der Waals surface area contributed by atoms with Gasteiger partial charge in [-0.25, -0.2) is 0 Å². The summed E-state index contributed by atoms with van der Waals surface area (Å²) in [6.07, 6.45) is 0.875. The third-order valence-corrected chi connectivity index (χ3v) is 3.39. The van der Waals surface area contributed by atoms with E-state index in [4.69, 9.17) is 4.74 Å². The average Bonchev–Trinajstić information content (AvgIpc) is 2.64. The van der Waals surface area contributed by atoms with Crippen molar-refractivity contribution in [3.05, 3.63) is 29.8 Å². The van der Waals surface area contributed by atoms with Crippen molar-refractivity contribution in [2.45, 2.75) is 38.8 Å². The lowest BCUT2D eigenvalue weighted by atomic mass is 9.95. The Hall–Kier alpha value is -2.02. The average molecular weight is 257 g/mol. The maximum atomic E-state index is 9.56. The third kappa shape index (κ3) is 2.41. The molecule has 0 unspecified atom stereocenters. The highest BCUT2D eigenvalue weighted by Gasteiger charge is 2.38. The van der Waals surface area contributed by atoms with E-state index >= 15 is 0 Å². The summed E-state index contributed by atoms with van der Waals surface area (Å²) in [5.41, 5.74) is 1.77. The van der Waals surface area contributed by atoms with Crippen molar-refractivity contribution in [1.82, 2.24) is 5.01 Å². The van der Waals surface area contributed by atoms with Gasteiger partial charge in [0.05, 0.1) is 18.7 Å². The second-order valence-corrected chi connectivity index (χ2v) is 5.44. The lowest BCUT2D eigenvalue weighted by Crippen LogP contribution is -2.38. The van der Waals surface area contributed by atoms with Crippen LogP contribution in [0.2, 0.25) is 0 Å². The highest BCUT2D eigenvalue weighted by molar-refractivity contribution is 5.84. The summed E-state index contributed by atoms with van der Waals surface area (Å²) in [4.78, 5) is 0. The fourth-order valence-electron chi connectivity index (χ4n) is 2.62. The topological polar surface area (TPSA) is 48.6 Å². The van der Waals surface area contributed by atoms with Crippen LogP contribution in [0.5, 0.6) is 5.75 Å². The van der Waals surface area contributed by atoms with Crippen LogP contribution in [0.15, 0.2) is 29.4 Å². The predicted octanol–water partition coefficient (Wildman–Crippen LogP) is 3.12. The van der Waals surface area contributed by atoms with Crippen LogP contribution in [0.25, 0.3) is 0 Å². The van der Waals surface area contributed by atoms with E-state index in [2.05, 4.69) is 25.0 Å². The minimum absolute atomic E-state index is 0.147. The van der Waals surface area contributed by atoms with Crippen molar-refractivity contribution >= 4 is 5.71 Å². The van der Waals surface area contributed by atoms with Crippen molar-refractivity contribution in [2.75, 3.05) is 7.11 Å². The van der Waals surface area contributed by atoms with Crippen LogP contribution in [0.4, 0.5) is 0 Å². The molecular formula is C15H19N3O. The van der Waals surface area contributed by atoms with Crippen LogP contribution < -0.4 is 4.74 Å². The van der Waals surface area contributed by atoms with Crippen LogP contribution in [-0.2, 0) is 0 Å². The summed E-state index contributed by atoms with van der Waals surface area (Å²) in [6, 6.07) is 9.54. The normalized spacial score (nSPS) is 18.7. The summed E-state index contributed by atoms with van der Waals surface area (Å²) in [7, 11) is 1.62. The number of methoxy groups -OCH3 is 1. The molecule has 0 saturated carbocycles. The van der Waals surface area contributed by atoms with Gasteiger partial charge >= 0.3 is 0 Å². The molecule has 2 rings (SSSR count). The Morgan fingerprint density at radius 1 is 1.42 bits per heavy atom. The summed E-state index contributed by atoms with van der Waals surface area (Å²) in [5, 5.41) is 16.0. The van der Waals surface area contributed by atoms with Gasteiger partial charge in [-0.15, -0.1) is 0 Å². The Morgan fingerprint density at radius 2 is 2.11 bits per heavy atom. The Kier molecular flexibility index (Phi) is 3.48. The van der Waals surface area contributed by atoms with Crippen LogP contribution in [0.1, 0.15) is 38.8 Å². The Labute approximate surface area is 114 Å². The van der Waals surface area contributed by atoms with E-state index in [9.17, 15) is 5.26 Å². The number of para-hydroxylation sites is 1. The van der Waals surface area contributed by atoms with Gasteiger partial charge in [-0.1, -0.05) is 18.2 Å². The van der Waals surface area contributed by atoms with E-state index in [1.54, 1.807) is 7.11 Å². The van der Waals surface area contributed by atoms with Gasteiger partial charge in [0.2, 0.25) is 0 Å². The predicted molar refractivity (Wildman–Crippen MR) is 75.0 cm³/mol. The van der Waals surface area contributed by atoms with E-state index in [-0.39, 0.29) is 5.54 Å². The lowest BCUT2D eigenvalue weighted by Gasteiger charge is -2.34. The molecule has 0 aromatic heterocycles. The Morgan fingerprint density at radius 3 is 2.63 bits per heavy atom. The first-order chi connectivity index (χ1) is 8.99. The molecule has 0 saturated heterocycles. The Balaban J connectivity index is 2.44. The maximum Gasteiger partial charge on any atom is 0.162 e. The van der Waals surface area contributed by atoms with Crippen molar-refractivity contribution in [3.8, 4) is 11.8 Å². The number of hydrazone groups is 1. The van der Waals surface area contributed by atoms with Crippen LogP contribution in [0, 0.1) is 11.3 Å². The molecule has 0 bridgehead atoms. The molecule has 1 aliphatic heterocycles. The van der Waals surface area contributed by atoms with Crippen molar-refractivity contribution in [3.63, 3.8) is 0 Å². The first-order valence-corrected chi connectivity index (χ1v) is 6.35. The monoisotopic (exact) mass is 257 g/mol. The fourth-order valence-corrected chi connectivity index (χ4v) is 2.62. The molecule has 0 aliphatic carbocycles. The molecule has 1 atom stereocenters. The number of ether oxygens (including phenoxy) is 1. The lowest BCUT2D eigenvalue weighted by molar-refractivity contribution is 0.121. The van der Waals surface area contributed by atoms with Gasteiger partial charge in [0.1, 0.15) is 5.75 Å². The standard InChI is InChI=1S/C15H19N3O/c1-11-9-15(2,3)18(17-11)13(10-16)12-7-5-6-8-14(12)19-4/h5-8,13H,9H2,1-4H3/t13-/m1/s1. The zero-order valence-corrected chi connectivity index (χ0v) is 11.8. The van der Waals surface area contributed by atoms with E-state index in [0.717, 1.165) is 23.4 Å². The van der Waals surface area contributed by atoms with Crippen LogP contribution in [0.3, 0.4) is 0 Å². The van der Waals surface area contributed by atoms with Gasteiger partial charge in [0.15, 0.2) is 6.04 Å². The second-order valence-electron chi connectivity index (χ2n) is 5.44. The van der Waals surface area contributed by atoms with Crippen LogP contribution >= 0.6 is 0 Å². The molecule has 4 heteroatoms. The van der Waals surface area contributed by atoms with Crippen molar-refractivity contribution in [1.29, 1.82) is 5.26 Å². The summed E-state index contributed by atoms with van der Waals surface area (Å²) in [6.45, 7) is 6.21. The summed E-state index contributed by atoms with van der Waals surface area (Å²) >= 11 is 0. The SMILES string of the molecule is COc1ccccc1[C@@H](C#N)N1N=C(C)CC1(C)C. The smallest absolute Gasteiger partial charge is 0.162 e. The second kappa shape index (κ2) is 4.93. The van der Waals surface area contributed by atoms with Gasteiger partial charge in [-0.2, -0.15) is 10.4 Å². The number of hydrogen-bond acceptors (Lipinski definition) is 4. The Bertz CT molecular complexity index is 543. The molecular weight excluding hydrogens is 238 g/mol. The first-order valence-electron chi connectivity index (χ1n) is 6.35. The molecule has 1 heterocycles. The molecule has 0 N–H and O–H groups in total. The molecule has 0 amide bonds. The number of rotatable bonds is 3. The minimum Gasteiger partial charge on any atom is -0.496 e. The fraction of sp³-hybridized carbons (Fsp3) is 0.467. The zero-order valence-electron chi connectivity index (χ0n) is 11.8. The molecule has 1 aromatic carbocycles. The van der Waals surface area contributed by atoms with Gasteiger partial charge in [-0.3, -0.25) is 5.01 Å². The van der Waals surface area contributed by atoms with Gasteiger partial charge in [0.25, 0.3) is 0 Å². The molecule has 100 valence electrons. The first kappa shape index (κ1) is 13.4. The molecule has 0 radical (unpaired) electrons. The van der Waals surface area contributed by atoms with Gasteiger partial charge < -0.3 is 4.74 Å². The van der Waals surface area contributed by atoms with Crippen LogP contribution in [-0.4, -0.2) is 23.4 Å². The number of nitriles is 1. The number of nitrogens with zero attached hydrogens (tertiary/aromatic N) is 3. The maximum absolute atomic E-state index is 9.56. The number of hydrogen-bond donors (Lipinski definition) is 0. The minimum atomic E-state index is -0.427. The molecule has 1 aromatic rings. The zero-order chi connectivity index (χ0) is 14.0. The molecule has 19 heavy (non-hydrogen) atoms. The van der Waals surface area contributed by atoms with E-state index in [0.29, 0.717) is 0 Å². The largest absolute Gasteiger partial charge is 0.496 e.